The van der Waals surface area contributed by atoms with Gasteiger partial charge in [0.1, 0.15) is 12.4 Å². The first-order chi connectivity index (χ1) is 13.4. The number of hydrogen-bond donors (Lipinski definition) is 2. The van der Waals surface area contributed by atoms with E-state index in [1.54, 1.807) is 16.8 Å². The fourth-order valence-corrected chi connectivity index (χ4v) is 4.78. The van der Waals surface area contributed by atoms with E-state index in [0.717, 1.165) is 25.5 Å². The second-order valence-electron chi connectivity index (χ2n) is 6.73. The molecule has 3 N–H and O–H groups in total. The lowest BCUT2D eigenvalue weighted by Crippen LogP contribution is -2.69. The Labute approximate surface area is 169 Å². The van der Waals surface area contributed by atoms with Crippen LogP contribution in [-0.4, -0.2) is 35.6 Å². The highest BCUT2D eigenvalue weighted by molar-refractivity contribution is 7.19. The first kappa shape index (κ1) is 18.9. The number of primary amides is 1. The van der Waals surface area contributed by atoms with Crippen molar-refractivity contribution in [3.05, 3.63) is 44.7 Å². The number of amides is 2. The third kappa shape index (κ3) is 3.25. The minimum absolute atomic E-state index is 0.0950. The largest absolute Gasteiger partial charge is 0.488 e. The topological polar surface area (TPSA) is 104 Å². The van der Waals surface area contributed by atoms with Crippen molar-refractivity contribution < 1.29 is 19.1 Å². The monoisotopic (exact) mass is 417 g/mol. The number of nitrogens with two attached hydrogens (primary N) is 1. The van der Waals surface area contributed by atoms with Crippen LogP contribution in [0.3, 0.4) is 0 Å². The molecule has 1 aliphatic heterocycles. The molecule has 28 heavy (non-hydrogen) atoms. The molecule has 1 aliphatic rings. The summed E-state index contributed by atoms with van der Waals surface area (Å²) in [4.78, 5) is 30.8. The van der Waals surface area contributed by atoms with Crippen molar-refractivity contribution in [1.82, 2.24) is 10.3 Å². The first-order valence-electron chi connectivity index (χ1n) is 8.65. The van der Waals surface area contributed by atoms with Crippen LogP contribution < -0.4 is 15.8 Å². The summed E-state index contributed by atoms with van der Waals surface area (Å²) in [5.41, 5.74) is 7.60. The summed E-state index contributed by atoms with van der Waals surface area (Å²) < 4.78 is 12.0. The molecule has 2 amide bonds. The number of ether oxygens (including phenoxy) is 2. The maximum absolute atomic E-state index is 12.9. The Hall–Kier alpha value is -2.49. The summed E-state index contributed by atoms with van der Waals surface area (Å²) in [7, 11) is 0. The van der Waals surface area contributed by atoms with E-state index in [0.29, 0.717) is 17.9 Å². The summed E-state index contributed by atoms with van der Waals surface area (Å²) in [5.74, 6) is -0.252. The van der Waals surface area contributed by atoms with E-state index in [9.17, 15) is 9.59 Å². The molecule has 0 bridgehead atoms. The van der Waals surface area contributed by atoms with Crippen molar-refractivity contribution in [2.45, 2.75) is 26.0 Å². The number of benzene rings is 1. The molecule has 3 heterocycles. The SMILES string of the molecule is Cc1ncsc1COc1ccc2sc(C)c(C(=O)NC3(C(N)=O)COC3)c2c1. The number of thiophene rings is 1. The lowest BCUT2D eigenvalue weighted by Gasteiger charge is -2.38. The van der Waals surface area contributed by atoms with Crippen molar-refractivity contribution in [1.29, 1.82) is 0 Å². The number of rotatable bonds is 6. The molecular weight excluding hydrogens is 398 g/mol. The number of hydrogen-bond acceptors (Lipinski definition) is 7. The number of nitrogens with zero attached hydrogens (tertiary/aromatic N) is 1. The molecule has 4 rings (SSSR count). The molecule has 2 aromatic heterocycles. The van der Waals surface area contributed by atoms with Gasteiger partial charge in [-0.1, -0.05) is 0 Å². The molecule has 1 fully saturated rings. The molecule has 0 radical (unpaired) electrons. The van der Waals surface area contributed by atoms with Gasteiger partial charge in [0.05, 0.1) is 34.9 Å². The Balaban J connectivity index is 1.61. The van der Waals surface area contributed by atoms with Crippen LogP contribution in [-0.2, 0) is 16.1 Å². The third-order valence-corrected chi connectivity index (χ3v) is 6.79. The normalized spacial score (nSPS) is 15.2. The number of carbonyl (C=O) groups is 2. The standard InChI is InChI=1S/C19H19N3O4S2/c1-10-15(27-9-21-10)6-26-12-3-4-14-13(5-12)16(11(2)28-14)17(23)22-19(18(20)24)7-25-8-19/h3-5,9H,6-8H2,1-2H3,(H2,20,24)(H,22,23). The quantitative estimate of drug-likeness (QED) is 0.641. The van der Waals surface area contributed by atoms with Crippen LogP contribution in [0.25, 0.3) is 10.1 Å². The summed E-state index contributed by atoms with van der Waals surface area (Å²) in [6.45, 7) is 4.45. The van der Waals surface area contributed by atoms with Gasteiger partial charge in [-0.05, 0) is 32.0 Å². The Kier molecular flexibility index (Phi) is 4.82. The average Bonchev–Trinajstić information content (AvgIpc) is 3.17. The minimum Gasteiger partial charge on any atom is -0.488 e. The van der Waals surface area contributed by atoms with E-state index in [-0.39, 0.29) is 19.1 Å². The summed E-state index contributed by atoms with van der Waals surface area (Å²) in [6, 6.07) is 5.69. The maximum Gasteiger partial charge on any atom is 0.254 e. The Morgan fingerprint density at radius 1 is 1.36 bits per heavy atom. The van der Waals surface area contributed by atoms with Gasteiger partial charge < -0.3 is 20.5 Å². The molecule has 0 atom stereocenters. The Bertz CT molecular complexity index is 1070. The van der Waals surface area contributed by atoms with Crippen LogP contribution in [0.4, 0.5) is 0 Å². The third-order valence-electron chi connectivity index (χ3n) is 4.80. The van der Waals surface area contributed by atoms with Gasteiger partial charge in [0.15, 0.2) is 5.54 Å². The molecule has 0 unspecified atom stereocenters. The fraction of sp³-hybridized carbons (Fsp3) is 0.316. The summed E-state index contributed by atoms with van der Waals surface area (Å²) >= 11 is 3.07. The molecule has 0 spiro atoms. The first-order valence-corrected chi connectivity index (χ1v) is 10.3. The number of aromatic nitrogens is 1. The van der Waals surface area contributed by atoms with E-state index >= 15 is 0 Å². The molecule has 7 nitrogen and oxygen atoms in total. The van der Waals surface area contributed by atoms with E-state index in [4.69, 9.17) is 15.2 Å². The number of thiazole rings is 1. The van der Waals surface area contributed by atoms with Crippen LogP contribution in [0.5, 0.6) is 5.75 Å². The maximum atomic E-state index is 12.9. The van der Waals surface area contributed by atoms with Crippen molar-refractivity contribution >= 4 is 44.6 Å². The van der Waals surface area contributed by atoms with Crippen LogP contribution >= 0.6 is 22.7 Å². The minimum atomic E-state index is -1.13. The highest BCUT2D eigenvalue weighted by Gasteiger charge is 2.46. The summed E-state index contributed by atoms with van der Waals surface area (Å²) in [6.07, 6.45) is 0. The molecule has 3 aromatic rings. The lowest BCUT2D eigenvalue weighted by molar-refractivity contribution is -0.143. The van der Waals surface area contributed by atoms with Crippen molar-refractivity contribution in [2.24, 2.45) is 5.73 Å². The smallest absolute Gasteiger partial charge is 0.254 e. The van der Waals surface area contributed by atoms with Crippen LogP contribution in [0.15, 0.2) is 23.7 Å². The van der Waals surface area contributed by atoms with Crippen molar-refractivity contribution in [2.75, 3.05) is 13.2 Å². The van der Waals surface area contributed by atoms with Crippen molar-refractivity contribution in [3.8, 4) is 5.75 Å². The second kappa shape index (κ2) is 7.16. The molecule has 1 saturated heterocycles. The number of fused-ring (bicyclic) bond motifs is 1. The fourth-order valence-electron chi connectivity index (χ4n) is 3.05. The van der Waals surface area contributed by atoms with Gasteiger partial charge in [-0.2, -0.15) is 0 Å². The van der Waals surface area contributed by atoms with Gasteiger partial charge >= 0.3 is 0 Å². The Morgan fingerprint density at radius 3 is 2.75 bits per heavy atom. The van der Waals surface area contributed by atoms with Gasteiger partial charge in [-0.25, -0.2) is 4.98 Å². The van der Waals surface area contributed by atoms with Crippen LogP contribution in [0.1, 0.15) is 25.8 Å². The number of nitrogens with one attached hydrogen (secondary N) is 1. The van der Waals surface area contributed by atoms with Gasteiger partial charge in [0.2, 0.25) is 5.91 Å². The highest BCUT2D eigenvalue weighted by atomic mass is 32.1. The molecule has 0 saturated carbocycles. The molecule has 9 heteroatoms. The zero-order valence-corrected chi connectivity index (χ0v) is 17.0. The lowest BCUT2D eigenvalue weighted by atomic mass is 9.95. The summed E-state index contributed by atoms with van der Waals surface area (Å²) in [5, 5.41) is 3.56. The van der Waals surface area contributed by atoms with E-state index in [2.05, 4.69) is 10.3 Å². The van der Waals surface area contributed by atoms with Gasteiger partial charge in [0, 0.05) is 15.0 Å². The zero-order valence-electron chi connectivity index (χ0n) is 15.4. The van der Waals surface area contributed by atoms with Crippen LogP contribution in [0.2, 0.25) is 0 Å². The van der Waals surface area contributed by atoms with Gasteiger partial charge in [-0.3, -0.25) is 9.59 Å². The average molecular weight is 418 g/mol. The van der Waals surface area contributed by atoms with Gasteiger partial charge in [0.25, 0.3) is 5.91 Å². The number of aryl methyl sites for hydroxylation is 2. The predicted molar refractivity (Wildman–Crippen MR) is 108 cm³/mol. The zero-order chi connectivity index (χ0) is 19.9. The molecular formula is C19H19N3O4S2. The van der Waals surface area contributed by atoms with E-state index < -0.39 is 11.4 Å². The van der Waals surface area contributed by atoms with Crippen LogP contribution in [0, 0.1) is 13.8 Å². The number of carbonyl (C=O) groups excluding carboxylic acids is 2. The molecule has 1 aromatic carbocycles. The Morgan fingerprint density at radius 2 is 2.14 bits per heavy atom. The predicted octanol–water partition coefficient (Wildman–Crippen LogP) is 2.54. The van der Waals surface area contributed by atoms with Gasteiger partial charge in [-0.15, -0.1) is 22.7 Å². The highest BCUT2D eigenvalue weighted by Crippen LogP contribution is 2.34. The molecule has 0 aliphatic carbocycles. The molecule has 146 valence electrons. The van der Waals surface area contributed by atoms with E-state index in [1.165, 1.54) is 11.3 Å². The van der Waals surface area contributed by atoms with Crippen molar-refractivity contribution in [3.63, 3.8) is 0 Å². The van der Waals surface area contributed by atoms with E-state index in [1.807, 2.05) is 32.0 Å². The second-order valence-corrected chi connectivity index (χ2v) is 8.93.